The molecule has 0 amide bonds. The molecule has 26 heavy (non-hydrogen) atoms. The molecule has 0 saturated carbocycles. The molecule has 0 saturated heterocycles. The molecule has 0 fully saturated rings. The molecule has 0 unspecified atom stereocenters. The van der Waals surface area contributed by atoms with Gasteiger partial charge in [0, 0.05) is 6.07 Å². The van der Waals surface area contributed by atoms with Crippen LogP contribution in [-0.4, -0.2) is 10.7 Å². The summed E-state index contributed by atoms with van der Waals surface area (Å²) >= 11 is 12.7. The van der Waals surface area contributed by atoms with Crippen LogP contribution in [0.25, 0.3) is 5.69 Å². The average molecular weight is 391 g/mol. The molecule has 0 N–H and O–H groups in total. The van der Waals surface area contributed by atoms with Crippen LogP contribution in [0.5, 0.6) is 0 Å². The highest BCUT2D eigenvalue weighted by Gasteiger charge is 2.33. The Morgan fingerprint density at radius 1 is 1.00 bits per heavy atom. The smallest absolute Gasteiger partial charge is 0.268 e. The molecule has 1 aliphatic heterocycles. The molecule has 3 nitrogen and oxygen atoms in total. The Morgan fingerprint density at radius 2 is 1.73 bits per heavy atom. The zero-order chi connectivity index (χ0) is 18.4. The lowest BCUT2D eigenvalue weighted by Gasteiger charge is -2.13. The summed E-state index contributed by atoms with van der Waals surface area (Å²) in [4.78, 5) is 8.94. The number of rotatable bonds is 1. The van der Waals surface area contributed by atoms with Crippen molar-refractivity contribution in [3.05, 3.63) is 87.4 Å². The number of hydrogen-bond acceptors (Lipinski definition) is 2. The summed E-state index contributed by atoms with van der Waals surface area (Å²) in [6.07, 6.45) is 3.45. The first-order chi connectivity index (χ1) is 12.5. The molecule has 7 heteroatoms. The third-order valence-corrected chi connectivity index (χ3v) is 5.04. The minimum atomic E-state index is -0.721. The van der Waals surface area contributed by atoms with Crippen molar-refractivity contribution in [2.45, 2.75) is 13.0 Å². The van der Waals surface area contributed by atoms with Gasteiger partial charge in [-0.2, -0.15) is 4.57 Å². The standard InChI is InChI=1S/C19H12Cl2F2N3/c1-10-19-24-8-3-9-26(19)14-7-6-11(20)17(21)16(14)18(25-10)15-12(22)4-2-5-13(15)23/h2-10H,1H3/q+1/t10-/m0/s1. The van der Waals surface area contributed by atoms with Gasteiger partial charge in [0.1, 0.15) is 29.7 Å². The van der Waals surface area contributed by atoms with Crippen molar-refractivity contribution in [3.8, 4) is 5.69 Å². The van der Waals surface area contributed by atoms with Crippen LogP contribution in [-0.2, 0) is 0 Å². The first-order valence-electron chi connectivity index (χ1n) is 7.86. The molecule has 0 aliphatic carbocycles. The zero-order valence-corrected chi connectivity index (χ0v) is 15.1. The topological polar surface area (TPSA) is 29.1 Å². The van der Waals surface area contributed by atoms with Crippen LogP contribution in [0.4, 0.5) is 8.78 Å². The maximum atomic E-state index is 14.5. The highest BCUT2D eigenvalue weighted by atomic mass is 35.5. The van der Waals surface area contributed by atoms with E-state index in [0.717, 1.165) is 0 Å². The Balaban J connectivity index is 2.14. The van der Waals surface area contributed by atoms with Crippen LogP contribution >= 0.6 is 23.2 Å². The fraction of sp³-hybridized carbons (Fsp3) is 0.105. The SMILES string of the molecule is C[C@@H]1N=C(c2c(F)cccc2F)c2c(ccc(Cl)c2Cl)-[n+]2cccnc21. The summed E-state index contributed by atoms with van der Waals surface area (Å²) in [5.41, 5.74) is 0.847. The van der Waals surface area contributed by atoms with E-state index < -0.39 is 17.7 Å². The number of aromatic nitrogens is 2. The Hall–Kier alpha value is -2.37. The lowest BCUT2D eigenvalue weighted by Crippen LogP contribution is -2.37. The van der Waals surface area contributed by atoms with Gasteiger partial charge >= 0.3 is 5.82 Å². The Kier molecular flexibility index (Phi) is 4.21. The minimum absolute atomic E-state index is 0.112. The zero-order valence-electron chi connectivity index (χ0n) is 13.5. The summed E-state index contributed by atoms with van der Waals surface area (Å²) < 4.78 is 30.9. The van der Waals surface area contributed by atoms with Crippen molar-refractivity contribution >= 4 is 28.9 Å². The van der Waals surface area contributed by atoms with Crippen molar-refractivity contribution in [1.82, 2.24) is 4.98 Å². The monoisotopic (exact) mass is 390 g/mol. The van der Waals surface area contributed by atoms with E-state index >= 15 is 0 Å². The third-order valence-electron chi connectivity index (χ3n) is 4.24. The van der Waals surface area contributed by atoms with Crippen LogP contribution in [0, 0.1) is 11.6 Å². The van der Waals surface area contributed by atoms with E-state index in [4.69, 9.17) is 23.2 Å². The summed E-state index contributed by atoms with van der Waals surface area (Å²) in [7, 11) is 0. The van der Waals surface area contributed by atoms with Crippen molar-refractivity contribution in [3.63, 3.8) is 0 Å². The third kappa shape index (κ3) is 2.59. The quantitative estimate of drug-likeness (QED) is 0.545. The van der Waals surface area contributed by atoms with Crippen LogP contribution in [0.1, 0.15) is 29.9 Å². The molecule has 1 aliphatic rings. The number of hydrogen-bond donors (Lipinski definition) is 0. The highest BCUT2D eigenvalue weighted by Crippen LogP contribution is 2.35. The van der Waals surface area contributed by atoms with Gasteiger partial charge in [-0.25, -0.2) is 8.78 Å². The number of fused-ring (bicyclic) bond motifs is 3. The molecule has 0 spiro atoms. The van der Waals surface area contributed by atoms with Crippen LogP contribution in [0.2, 0.25) is 10.0 Å². The summed E-state index contributed by atoms with van der Waals surface area (Å²) in [6, 6.07) is 8.36. The van der Waals surface area contributed by atoms with Gasteiger partial charge in [0.2, 0.25) is 0 Å². The van der Waals surface area contributed by atoms with Gasteiger partial charge < -0.3 is 0 Å². The maximum absolute atomic E-state index is 14.5. The number of halogens is 4. The van der Waals surface area contributed by atoms with Gasteiger partial charge in [0.15, 0.2) is 6.04 Å². The van der Waals surface area contributed by atoms with Crippen molar-refractivity contribution in [1.29, 1.82) is 0 Å². The summed E-state index contributed by atoms with van der Waals surface area (Å²) in [6.45, 7) is 1.80. The van der Waals surface area contributed by atoms with Gasteiger partial charge in [-0.1, -0.05) is 34.3 Å². The summed E-state index contributed by atoms with van der Waals surface area (Å²) in [5, 5.41) is 0.456. The fourth-order valence-electron chi connectivity index (χ4n) is 3.09. The molecule has 0 radical (unpaired) electrons. The van der Waals surface area contributed by atoms with E-state index in [1.54, 1.807) is 42.1 Å². The molecule has 3 aromatic rings. The molecular weight excluding hydrogens is 379 g/mol. The largest absolute Gasteiger partial charge is 0.327 e. The molecular formula is C19H12Cl2F2N3+. The number of benzene rings is 2. The van der Waals surface area contributed by atoms with Crippen molar-refractivity contribution in [2.24, 2.45) is 4.99 Å². The normalized spacial score (nSPS) is 15.7. The first kappa shape index (κ1) is 17.1. The van der Waals surface area contributed by atoms with Crippen LogP contribution in [0.3, 0.4) is 0 Å². The van der Waals surface area contributed by atoms with Gasteiger partial charge in [-0.15, -0.1) is 0 Å². The Labute approximate surface area is 158 Å². The van der Waals surface area contributed by atoms with E-state index in [1.807, 2.05) is 0 Å². The summed E-state index contributed by atoms with van der Waals surface area (Å²) in [5.74, 6) is -0.817. The van der Waals surface area contributed by atoms with Crippen LogP contribution < -0.4 is 4.57 Å². The highest BCUT2D eigenvalue weighted by molar-refractivity contribution is 6.45. The number of nitrogens with zero attached hydrogens (tertiary/aromatic N) is 3. The Morgan fingerprint density at radius 3 is 2.46 bits per heavy atom. The maximum Gasteiger partial charge on any atom is 0.327 e. The van der Waals surface area contributed by atoms with E-state index in [-0.39, 0.29) is 21.3 Å². The molecule has 2 aromatic carbocycles. The fourth-order valence-corrected chi connectivity index (χ4v) is 3.50. The first-order valence-corrected chi connectivity index (χ1v) is 8.62. The molecule has 130 valence electrons. The van der Waals surface area contributed by atoms with Gasteiger partial charge in [0.25, 0.3) is 0 Å². The lowest BCUT2D eigenvalue weighted by molar-refractivity contribution is -0.609. The van der Waals surface area contributed by atoms with E-state index in [1.165, 1.54) is 18.2 Å². The molecule has 1 atom stereocenters. The van der Waals surface area contributed by atoms with E-state index in [2.05, 4.69) is 9.98 Å². The molecule has 2 heterocycles. The molecule has 1 aromatic heterocycles. The van der Waals surface area contributed by atoms with E-state index in [0.29, 0.717) is 17.1 Å². The van der Waals surface area contributed by atoms with Crippen LogP contribution in [0.15, 0.2) is 53.8 Å². The second-order valence-electron chi connectivity index (χ2n) is 5.85. The lowest BCUT2D eigenvalue weighted by atomic mass is 9.99. The predicted molar refractivity (Wildman–Crippen MR) is 96.2 cm³/mol. The second-order valence-corrected chi connectivity index (χ2v) is 6.64. The predicted octanol–water partition coefficient (Wildman–Crippen LogP) is 4.86. The van der Waals surface area contributed by atoms with E-state index in [9.17, 15) is 8.78 Å². The molecule has 4 rings (SSSR count). The number of aliphatic imine (C=N–C) groups is 1. The van der Waals surface area contributed by atoms with Gasteiger partial charge in [-0.05, 0) is 31.2 Å². The average Bonchev–Trinajstić information content (AvgIpc) is 2.74. The Bertz CT molecular complexity index is 1050. The van der Waals surface area contributed by atoms with Gasteiger partial charge in [-0.3, -0.25) is 4.99 Å². The van der Waals surface area contributed by atoms with Crippen molar-refractivity contribution < 1.29 is 13.3 Å². The van der Waals surface area contributed by atoms with Gasteiger partial charge in [0.05, 0.1) is 26.9 Å². The molecule has 0 bridgehead atoms. The second kappa shape index (κ2) is 6.41. The van der Waals surface area contributed by atoms with Crippen molar-refractivity contribution in [2.75, 3.05) is 0 Å². The minimum Gasteiger partial charge on any atom is -0.268 e.